The van der Waals surface area contributed by atoms with Crippen LogP contribution in [0.15, 0.2) is 6.07 Å². The number of nitrogens with one attached hydrogen (secondary N) is 1. The summed E-state index contributed by atoms with van der Waals surface area (Å²) >= 11 is 0. The van der Waals surface area contributed by atoms with Gasteiger partial charge < -0.3 is 5.32 Å². The molecule has 1 aromatic heterocycles. The average Bonchev–Trinajstić information content (AvgIpc) is 2.38. The standard InChI is InChI=1S/C10H17N3/c1-8(2)10-7-9-3-4-11-5-6-13(9)12-10/h7-8,11H,3-6H2,1-2H3. The molecule has 13 heavy (non-hydrogen) atoms. The van der Waals surface area contributed by atoms with Gasteiger partial charge in [0.05, 0.1) is 12.2 Å². The van der Waals surface area contributed by atoms with Crippen LogP contribution in [0.4, 0.5) is 0 Å². The first-order valence-corrected chi connectivity index (χ1v) is 5.04. The molecule has 0 unspecified atom stereocenters. The molecule has 3 nitrogen and oxygen atoms in total. The van der Waals surface area contributed by atoms with Crippen molar-refractivity contribution in [2.24, 2.45) is 0 Å². The summed E-state index contributed by atoms with van der Waals surface area (Å²) in [6.45, 7) is 7.54. The topological polar surface area (TPSA) is 29.9 Å². The molecular formula is C10H17N3. The number of fused-ring (bicyclic) bond motifs is 1. The fourth-order valence-corrected chi connectivity index (χ4v) is 1.68. The Bertz CT molecular complexity index is 265. The molecule has 0 amide bonds. The molecule has 72 valence electrons. The van der Waals surface area contributed by atoms with Gasteiger partial charge in [-0.2, -0.15) is 5.10 Å². The first kappa shape index (κ1) is 8.75. The second-order valence-electron chi connectivity index (χ2n) is 3.94. The molecule has 3 heteroatoms. The summed E-state index contributed by atoms with van der Waals surface area (Å²) in [6.07, 6.45) is 1.11. The lowest BCUT2D eigenvalue weighted by Gasteiger charge is -2.00. The summed E-state index contributed by atoms with van der Waals surface area (Å²) in [5.41, 5.74) is 2.62. The molecule has 1 aromatic rings. The summed E-state index contributed by atoms with van der Waals surface area (Å²) in [5.74, 6) is 0.549. The highest BCUT2D eigenvalue weighted by Gasteiger charge is 2.11. The van der Waals surface area contributed by atoms with Crippen molar-refractivity contribution < 1.29 is 0 Å². The quantitative estimate of drug-likeness (QED) is 0.701. The third-order valence-electron chi connectivity index (χ3n) is 2.53. The molecule has 0 aliphatic carbocycles. The number of hydrogen-bond acceptors (Lipinski definition) is 2. The van der Waals surface area contributed by atoms with Crippen molar-refractivity contribution in [1.82, 2.24) is 15.1 Å². The fraction of sp³-hybridized carbons (Fsp3) is 0.700. The Morgan fingerprint density at radius 2 is 2.31 bits per heavy atom. The van der Waals surface area contributed by atoms with Crippen molar-refractivity contribution in [3.63, 3.8) is 0 Å². The van der Waals surface area contributed by atoms with Gasteiger partial charge in [-0.3, -0.25) is 4.68 Å². The second kappa shape index (κ2) is 3.50. The lowest BCUT2D eigenvalue weighted by atomic mass is 10.1. The Hall–Kier alpha value is -0.830. The Labute approximate surface area is 79.1 Å². The summed E-state index contributed by atoms with van der Waals surface area (Å²) in [7, 11) is 0. The minimum Gasteiger partial charge on any atom is -0.315 e. The maximum atomic E-state index is 4.59. The second-order valence-corrected chi connectivity index (χ2v) is 3.94. The van der Waals surface area contributed by atoms with Gasteiger partial charge in [0, 0.05) is 25.2 Å². The van der Waals surface area contributed by atoms with Crippen LogP contribution in [0.2, 0.25) is 0 Å². The van der Waals surface area contributed by atoms with Crippen LogP contribution in [0, 0.1) is 0 Å². The van der Waals surface area contributed by atoms with Gasteiger partial charge >= 0.3 is 0 Å². The molecule has 0 bridgehead atoms. The van der Waals surface area contributed by atoms with E-state index in [0.717, 1.165) is 26.1 Å². The zero-order valence-electron chi connectivity index (χ0n) is 8.38. The monoisotopic (exact) mass is 179 g/mol. The van der Waals surface area contributed by atoms with Crippen LogP contribution in [0.25, 0.3) is 0 Å². The van der Waals surface area contributed by atoms with E-state index >= 15 is 0 Å². The zero-order chi connectivity index (χ0) is 9.26. The van der Waals surface area contributed by atoms with Crippen LogP contribution in [0.5, 0.6) is 0 Å². The number of nitrogens with zero attached hydrogens (tertiary/aromatic N) is 2. The van der Waals surface area contributed by atoms with Gasteiger partial charge in [-0.1, -0.05) is 13.8 Å². The van der Waals surface area contributed by atoms with E-state index in [0.29, 0.717) is 5.92 Å². The summed E-state index contributed by atoms with van der Waals surface area (Å²) in [5, 5.41) is 7.96. The van der Waals surface area contributed by atoms with Crippen LogP contribution in [-0.4, -0.2) is 22.9 Å². The molecule has 0 spiro atoms. The Kier molecular flexibility index (Phi) is 2.36. The number of rotatable bonds is 1. The SMILES string of the molecule is CC(C)c1cc2n(n1)CCNCC2. The highest BCUT2D eigenvalue weighted by molar-refractivity contribution is 5.14. The first-order chi connectivity index (χ1) is 6.27. The van der Waals surface area contributed by atoms with Crippen LogP contribution in [-0.2, 0) is 13.0 Å². The lowest BCUT2D eigenvalue weighted by Crippen LogP contribution is -2.17. The zero-order valence-corrected chi connectivity index (χ0v) is 8.38. The van der Waals surface area contributed by atoms with Crippen LogP contribution in [0.1, 0.15) is 31.2 Å². The van der Waals surface area contributed by atoms with Crippen molar-refractivity contribution in [3.8, 4) is 0 Å². The van der Waals surface area contributed by atoms with Gasteiger partial charge in [0.2, 0.25) is 0 Å². The van der Waals surface area contributed by atoms with Gasteiger partial charge in [-0.25, -0.2) is 0 Å². The fourth-order valence-electron chi connectivity index (χ4n) is 1.68. The summed E-state index contributed by atoms with van der Waals surface area (Å²) < 4.78 is 2.15. The van der Waals surface area contributed by atoms with Gasteiger partial charge in [-0.15, -0.1) is 0 Å². The molecule has 2 rings (SSSR count). The largest absolute Gasteiger partial charge is 0.315 e. The highest BCUT2D eigenvalue weighted by atomic mass is 15.3. The van der Waals surface area contributed by atoms with Crippen molar-refractivity contribution in [2.45, 2.75) is 32.7 Å². The summed E-state index contributed by atoms with van der Waals surface area (Å²) in [4.78, 5) is 0. The smallest absolute Gasteiger partial charge is 0.0652 e. The predicted molar refractivity (Wildman–Crippen MR) is 52.9 cm³/mol. The number of hydrogen-bond donors (Lipinski definition) is 1. The number of aromatic nitrogens is 2. The summed E-state index contributed by atoms with van der Waals surface area (Å²) in [6, 6.07) is 2.25. The molecular weight excluding hydrogens is 162 g/mol. The normalized spacial score (nSPS) is 17.2. The van der Waals surface area contributed by atoms with Crippen molar-refractivity contribution in [1.29, 1.82) is 0 Å². The third kappa shape index (κ3) is 1.75. The molecule has 0 atom stereocenters. The molecule has 0 fully saturated rings. The Morgan fingerprint density at radius 1 is 1.46 bits per heavy atom. The third-order valence-corrected chi connectivity index (χ3v) is 2.53. The molecule has 1 aliphatic rings. The molecule has 2 heterocycles. The van der Waals surface area contributed by atoms with E-state index < -0.39 is 0 Å². The van der Waals surface area contributed by atoms with Crippen LogP contribution >= 0.6 is 0 Å². The molecule has 1 aliphatic heterocycles. The average molecular weight is 179 g/mol. The molecule has 0 saturated heterocycles. The van der Waals surface area contributed by atoms with Gasteiger partial charge in [0.25, 0.3) is 0 Å². The van der Waals surface area contributed by atoms with E-state index in [-0.39, 0.29) is 0 Å². The Balaban J connectivity index is 2.27. The van der Waals surface area contributed by atoms with E-state index in [2.05, 4.69) is 35.0 Å². The van der Waals surface area contributed by atoms with E-state index in [9.17, 15) is 0 Å². The predicted octanol–water partition coefficient (Wildman–Crippen LogP) is 1.15. The van der Waals surface area contributed by atoms with Crippen molar-refractivity contribution in [3.05, 3.63) is 17.5 Å². The molecule has 0 aromatic carbocycles. The van der Waals surface area contributed by atoms with E-state index in [4.69, 9.17) is 0 Å². The van der Waals surface area contributed by atoms with Gasteiger partial charge in [-0.05, 0) is 12.0 Å². The Morgan fingerprint density at radius 3 is 3.08 bits per heavy atom. The minimum absolute atomic E-state index is 0.549. The molecule has 0 radical (unpaired) electrons. The van der Waals surface area contributed by atoms with Gasteiger partial charge in [0.1, 0.15) is 0 Å². The van der Waals surface area contributed by atoms with Crippen LogP contribution in [0.3, 0.4) is 0 Å². The van der Waals surface area contributed by atoms with E-state index in [1.807, 2.05) is 0 Å². The lowest BCUT2D eigenvalue weighted by molar-refractivity contribution is 0.577. The maximum Gasteiger partial charge on any atom is 0.0652 e. The van der Waals surface area contributed by atoms with Crippen LogP contribution < -0.4 is 5.32 Å². The first-order valence-electron chi connectivity index (χ1n) is 5.04. The van der Waals surface area contributed by atoms with E-state index in [1.165, 1.54) is 11.4 Å². The maximum absolute atomic E-state index is 4.59. The van der Waals surface area contributed by atoms with Gasteiger partial charge in [0.15, 0.2) is 0 Å². The molecule has 1 N–H and O–H groups in total. The van der Waals surface area contributed by atoms with E-state index in [1.54, 1.807) is 0 Å². The minimum atomic E-state index is 0.549. The highest BCUT2D eigenvalue weighted by Crippen LogP contribution is 2.15. The van der Waals surface area contributed by atoms with Crippen molar-refractivity contribution >= 4 is 0 Å². The molecule has 0 saturated carbocycles. The van der Waals surface area contributed by atoms with Crippen molar-refractivity contribution in [2.75, 3.05) is 13.1 Å².